The third-order valence-corrected chi connectivity index (χ3v) is 3.37. The van der Waals surface area contributed by atoms with Gasteiger partial charge in [-0.1, -0.05) is 24.3 Å². The average Bonchev–Trinajstić information content (AvgIpc) is 2.46. The number of hydrogen-bond acceptors (Lipinski definition) is 4. The van der Waals surface area contributed by atoms with Gasteiger partial charge in [-0.2, -0.15) is 0 Å². The number of benzene rings is 1. The molecule has 1 aliphatic heterocycles. The lowest BCUT2D eigenvalue weighted by atomic mass is 10.0. The number of rotatable bonds is 5. The van der Waals surface area contributed by atoms with E-state index in [1.807, 2.05) is 24.3 Å². The Morgan fingerprint density at radius 3 is 2.58 bits per heavy atom. The van der Waals surface area contributed by atoms with Gasteiger partial charge in [-0.3, -0.25) is 10.2 Å². The second-order valence-corrected chi connectivity index (χ2v) is 4.74. The molecular weight excluding hydrogens is 244 g/mol. The topological polar surface area (TPSA) is 61.8 Å². The molecule has 5 nitrogen and oxygen atoms in total. The molecule has 1 heterocycles. The van der Waals surface area contributed by atoms with Gasteiger partial charge in [0.1, 0.15) is 0 Å². The zero-order valence-electron chi connectivity index (χ0n) is 11.1. The second kappa shape index (κ2) is 6.65. The highest BCUT2D eigenvalue weighted by Gasteiger charge is 2.13. The van der Waals surface area contributed by atoms with Crippen LogP contribution in [0.3, 0.4) is 0 Å². The minimum Gasteiger partial charge on any atom is -0.481 e. The zero-order valence-corrected chi connectivity index (χ0v) is 11.1. The van der Waals surface area contributed by atoms with E-state index in [9.17, 15) is 4.79 Å². The number of nitrogens with one attached hydrogen (secondary N) is 1. The number of carbonyl (C=O) groups is 1. The van der Waals surface area contributed by atoms with Crippen LogP contribution >= 0.6 is 0 Å². The van der Waals surface area contributed by atoms with Crippen molar-refractivity contribution in [1.29, 1.82) is 0 Å². The fourth-order valence-electron chi connectivity index (χ4n) is 1.99. The fraction of sp³-hybridized carbons (Fsp3) is 0.500. The van der Waals surface area contributed by atoms with Crippen LogP contribution in [0.2, 0.25) is 0 Å². The summed E-state index contributed by atoms with van der Waals surface area (Å²) in [6.07, 6.45) is 0. The van der Waals surface area contributed by atoms with Crippen LogP contribution in [0.5, 0.6) is 0 Å². The van der Waals surface area contributed by atoms with Crippen LogP contribution in [0.4, 0.5) is 0 Å². The smallest absolute Gasteiger partial charge is 0.310 e. The maximum atomic E-state index is 10.9. The van der Waals surface area contributed by atoms with E-state index >= 15 is 0 Å². The fourth-order valence-corrected chi connectivity index (χ4v) is 1.99. The summed E-state index contributed by atoms with van der Waals surface area (Å²) in [7, 11) is 0. The maximum Gasteiger partial charge on any atom is 0.310 e. The van der Waals surface area contributed by atoms with Crippen molar-refractivity contribution in [3.05, 3.63) is 35.4 Å². The van der Waals surface area contributed by atoms with Gasteiger partial charge in [0, 0.05) is 19.6 Å². The average molecular weight is 264 g/mol. The van der Waals surface area contributed by atoms with E-state index in [2.05, 4.69) is 10.4 Å². The van der Waals surface area contributed by atoms with E-state index in [0.29, 0.717) is 0 Å². The van der Waals surface area contributed by atoms with Crippen molar-refractivity contribution in [1.82, 2.24) is 10.4 Å². The summed E-state index contributed by atoms with van der Waals surface area (Å²) in [6.45, 7) is 5.78. The van der Waals surface area contributed by atoms with Crippen molar-refractivity contribution in [2.24, 2.45) is 0 Å². The number of carboxylic acid groups (broad SMARTS) is 1. The molecule has 0 aromatic heterocycles. The Bertz CT molecular complexity index is 413. The Balaban J connectivity index is 1.86. The van der Waals surface area contributed by atoms with Crippen LogP contribution in [0.25, 0.3) is 0 Å². The van der Waals surface area contributed by atoms with Crippen LogP contribution in [0, 0.1) is 0 Å². The maximum absolute atomic E-state index is 10.9. The monoisotopic (exact) mass is 264 g/mol. The van der Waals surface area contributed by atoms with E-state index in [1.165, 1.54) is 0 Å². The molecule has 0 saturated carbocycles. The first-order valence-electron chi connectivity index (χ1n) is 6.54. The van der Waals surface area contributed by atoms with Crippen LogP contribution < -0.4 is 5.43 Å². The molecule has 19 heavy (non-hydrogen) atoms. The van der Waals surface area contributed by atoms with Crippen LogP contribution in [0.1, 0.15) is 24.0 Å². The minimum atomic E-state index is -0.792. The van der Waals surface area contributed by atoms with E-state index in [-0.39, 0.29) is 0 Å². The van der Waals surface area contributed by atoms with Gasteiger partial charge < -0.3 is 9.84 Å². The third kappa shape index (κ3) is 4.02. The Hall–Kier alpha value is -1.43. The molecule has 1 atom stereocenters. The SMILES string of the molecule is CC(C(=O)O)c1ccc(CNN2CCOCC2)cc1. The highest BCUT2D eigenvalue weighted by molar-refractivity contribution is 5.75. The Kier molecular flexibility index (Phi) is 4.90. The van der Waals surface area contributed by atoms with Gasteiger partial charge in [0.05, 0.1) is 19.1 Å². The number of carboxylic acids is 1. The first-order valence-corrected chi connectivity index (χ1v) is 6.54. The Morgan fingerprint density at radius 1 is 1.37 bits per heavy atom. The largest absolute Gasteiger partial charge is 0.481 e. The number of hydrazine groups is 1. The predicted molar refractivity (Wildman–Crippen MR) is 71.7 cm³/mol. The lowest BCUT2D eigenvalue weighted by Gasteiger charge is -2.27. The van der Waals surface area contributed by atoms with Crippen molar-refractivity contribution >= 4 is 5.97 Å². The van der Waals surface area contributed by atoms with Crippen molar-refractivity contribution < 1.29 is 14.6 Å². The molecule has 1 aromatic carbocycles. The van der Waals surface area contributed by atoms with Gasteiger partial charge in [0.15, 0.2) is 0 Å². The Morgan fingerprint density at radius 2 is 2.00 bits per heavy atom. The molecule has 2 N–H and O–H groups in total. The molecule has 2 rings (SSSR count). The number of hydrogen-bond donors (Lipinski definition) is 2. The van der Waals surface area contributed by atoms with Gasteiger partial charge in [0.25, 0.3) is 0 Å². The van der Waals surface area contributed by atoms with Crippen molar-refractivity contribution in [3.8, 4) is 0 Å². The first-order chi connectivity index (χ1) is 9.16. The third-order valence-electron chi connectivity index (χ3n) is 3.37. The summed E-state index contributed by atoms with van der Waals surface area (Å²) in [5, 5.41) is 11.1. The van der Waals surface area contributed by atoms with Gasteiger partial charge in [0.2, 0.25) is 0 Å². The zero-order chi connectivity index (χ0) is 13.7. The molecule has 1 aliphatic rings. The van der Waals surface area contributed by atoms with Gasteiger partial charge >= 0.3 is 5.97 Å². The summed E-state index contributed by atoms with van der Waals surface area (Å²) in [6, 6.07) is 7.72. The summed E-state index contributed by atoms with van der Waals surface area (Å²) < 4.78 is 5.28. The van der Waals surface area contributed by atoms with Crippen LogP contribution in [-0.2, 0) is 16.1 Å². The minimum absolute atomic E-state index is 0.457. The van der Waals surface area contributed by atoms with Gasteiger partial charge in [-0.25, -0.2) is 5.01 Å². The molecule has 0 aliphatic carbocycles. The summed E-state index contributed by atoms with van der Waals surface area (Å²) in [5.74, 6) is -1.25. The predicted octanol–water partition coefficient (Wildman–Crippen LogP) is 1.21. The van der Waals surface area contributed by atoms with E-state index in [0.717, 1.165) is 44.0 Å². The number of aliphatic carboxylic acids is 1. The summed E-state index contributed by atoms with van der Waals surface area (Å²) >= 11 is 0. The van der Waals surface area contributed by atoms with Gasteiger partial charge in [-0.15, -0.1) is 0 Å². The van der Waals surface area contributed by atoms with Gasteiger partial charge in [-0.05, 0) is 18.1 Å². The molecule has 0 amide bonds. The molecule has 1 unspecified atom stereocenters. The molecule has 0 spiro atoms. The lowest BCUT2D eigenvalue weighted by molar-refractivity contribution is -0.138. The lowest BCUT2D eigenvalue weighted by Crippen LogP contribution is -2.45. The van der Waals surface area contributed by atoms with E-state index in [1.54, 1.807) is 6.92 Å². The van der Waals surface area contributed by atoms with Crippen LogP contribution in [-0.4, -0.2) is 42.4 Å². The molecule has 104 valence electrons. The second-order valence-electron chi connectivity index (χ2n) is 4.74. The quantitative estimate of drug-likeness (QED) is 0.837. The molecular formula is C14H20N2O3. The Labute approximate surface area is 113 Å². The highest BCUT2D eigenvalue weighted by atomic mass is 16.5. The normalized spacial score (nSPS) is 18.2. The molecule has 5 heteroatoms. The van der Waals surface area contributed by atoms with E-state index < -0.39 is 11.9 Å². The van der Waals surface area contributed by atoms with Crippen molar-refractivity contribution in [2.75, 3.05) is 26.3 Å². The van der Waals surface area contributed by atoms with Crippen molar-refractivity contribution in [2.45, 2.75) is 19.4 Å². The summed E-state index contributed by atoms with van der Waals surface area (Å²) in [4.78, 5) is 10.9. The molecule has 0 bridgehead atoms. The highest BCUT2D eigenvalue weighted by Crippen LogP contribution is 2.16. The first kappa shape index (κ1) is 14.0. The van der Waals surface area contributed by atoms with E-state index in [4.69, 9.17) is 9.84 Å². The molecule has 1 saturated heterocycles. The molecule has 0 radical (unpaired) electrons. The van der Waals surface area contributed by atoms with Crippen LogP contribution in [0.15, 0.2) is 24.3 Å². The number of nitrogens with zero attached hydrogens (tertiary/aromatic N) is 1. The standard InChI is InChI=1S/C14H20N2O3/c1-11(14(17)18)13-4-2-12(3-5-13)10-15-16-6-8-19-9-7-16/h2-5,11,15H,6-10H2,1H3,(H,17,18). The number of ether oxygens (including phenoxy) is 1. The van der Waals surface area contributed by atoms with Crippen molar-refractivity contribution in [3.63, 3.8) is 0 Å². The summed E-state index contributed by atoms with van der Waals surface area (Å²) in [5.41, 5.74) is 5.33. The molecule has 1 fully saturated rings. The number of morpholine rings is 1. The molecule has 1 aromatic rings.